The smallest absolute Gasteiger partial charge is 0.341 e. The predicted molar refractivity (Wildman–Crippen MR) is 198 cm³/mol. The molecule has 0 amide bonds. The van der Waals surface area contributed by atoms with Gasteiger partial charge in [0, 0.05) is 27.2 Å². The van der Waals surface area contributed by atoms with Gasteiger partial charge in [-0.05, 0) is 55.0 Å². The third kappa shape index (κ3) is 12.4. The number of carbonyl (C=O) groups excluding carboxylic acids is 8. The molecule has 4 rings (SSSR count). The van der Waals surface area contributed by atoms with Crippen LogP contribution in [0.4, 0.5) is 0 Å². The van der Waals surface area contributed by atoms with Crippen molar-refractivity contribution < 1.29 is 71.5 Å². The zero-order chi connectivity index (χ0) is 41.5. The Morgan fingerprint density at radius 2 is 0.684 bits per heavy atom. The first-order valence-electron chi connectivity index (χ1n) is 17.3. The van der Waals surface area contributed by atoms with E-state index in [0.29, 0.717) is 5.56 Å². The van der Waals surface area contributed by atoms with Gasteiger partial charge in [-0.2, -0.15) is 0 Å². The number of carbonyl (C=O) groups is 8. The highest BCUT2D eigenvalue weighted by Crippen LogP contribution is 2.28. The molecule has 0 aliphatic heterocycles. The molecule has 0 aliphatic rings. The van der Waals surface area contributed by atoms with Gasteiger partial charge in [0.15, 0.2) is 0 Å². The second-order valence-corrected chi connectivity index (χ2v) is 12.6. The number of hydrogen-bond acceptors (Lipinski definition) is 15. The van der Waals surface area contributed by atoms with Gasteiger partial charge in [0.1, 0.15) is 71.6 Å². The summed E-state index contributed by atoms with van der Waals surface area (Å²) >= 11 is 0. The quantitative estimate of drug-likeness (QED) is 0.0757. The largest absolute Gasteiger partial charge is 0.461 e. The minimum absolute atomic E-state index is 0.0357. The second kappa shape index (κ2) is 20.0. The van der Waals surface area contributed by atoms with Gasteiger partial charge in [0.25, 0.3) is 0 Å². The van der Waals surface area contributed by atoms with Gasteiger partial charge in [-0.1, -0.05) is 54.6 Å². The molecule has 0 bridgehead atoms. The van der Waals surface area contributed by atoms with E-state index in [-0.39, 0.29) is 51.7 Å². The summed E-state index contributed by atoms with van der Waals surface area (Å²) in [6, 6.07) is 23.3. The first kappa shape index (κ1) is 42.6. The zero-order valence-electron chi connectivity index (χ0n) is 31.4. The minimum Gasteiger partial charge on any atom is -0.461 e. The number of benzene rings is 4. The SMILES string of the molecule is CC(=O)Cc1ccccc1C(=O)OCC(COC(=O)c1ccccc1OC(C)=O)(COC(=O)c1ccccc1OC(C)=O)COC(=O)c1ccccc1OC(C)=O. The molecule has 0 radical (unpaired) electrons. The molecule has 0 saturated carbocycles. The van der Waals surface area contributed by atoms with Crippen LogP contribution in [0.3, 0.4) is 0 Å². The Labute approximate surface area is 326 Å². The first-order chi connectivity index (χ1) is 27.2. The van der Waals surface area contributed by atoms with Crippen molar-refractivity contribution in [1.29, 1.82) is 0 Å². The van der Waals surface area contributed by atoms with Crippen LogP contribution >= 0.6 is 0 Å². The number of para-hydroxylation sites is 3. The molecule has 0 fully saturated rings. The van der Waals surface area contributed by atoms with E-state index >= 15 is 0 Å². The fraction of sp³-hybridized carbons (Fsp3) is 0.238. The zero-order valence-corrected chi connectivity index (χ0v) is 31.4. The highest BCUT2D eigenvalue weighted by molar-refractivity contribution is 5.95. The maximum atomic E-state index is 13.6. The van der Waals surface area contributed by atoms with E-state index < -0.39 is 73.6 Å². The lowest BCUT2D eigenvalue weighted by atomic mass is 9.91. The van der Waals surface area contributed by atoms with E-state index in [1.807, 2.05) is 0 Å². The molecule has 0 unspecified atom stereocenters. The van der Waals surface area contributed by atoms with Crippen LogP contribution in [0.15, 0.2) is 97.1 Å². The summed E-state index contributed by atoms with van der Waals surface area (Å²) in [5.41, 5.74) is -2.00. The number of Topliss-reactive ketones (excluding diaryl/α,β-unsaturated/α-hetero) is 1. The number of hydrogen-bond donors (Lipinski definition) is 0. The van der Waals surface area contributed by atoms with E-state index in [1.165, 1.54) is 85.8 Å². The summed E-state index contributed by atoms with van der Waals surface area (Å²) in [7, 11) is 0. The minimum atomic E-state index is -1.88. The molecule has 296 valence electrons. The van der Waals surface area contributed by atoms with Gasteiger partial charge in [-0.3, -0.25) is 19.2 Å². The van der Waals surface area contributed by atoms with Crippen molar-refractivity contribution in [3.8, 4) is 17.2 Å². The summed E-state index contributed by atoms with van der Waals surface area (Å²) < 4.78 is 38.2. The third-order valence-electron chi connectivity index (χ3n) is 7.80. The van der Waals surface area contributed by atoms with E-state index in [0.717, 1.165) is 20.8 Å². The molecule has 0 spiro atoms. The lowest BCUT2D eigenvalue weighted by Crippen LogP contribution is -2.44. The lowest BCUT2D eigenvalue weighted by molar-refractivity contribution is -0.132. The van der Waals surface area contributed by atoms with Crippen molar-refractivity contribution in [1.82, 2.24) is 0 Å². The Hall–Kier alpha value is -7.16. The van der Waals surface area contributed by atoms with Crippen LogP contribution in [-0.2, 0) is 44.5 Å². The van der Waals surface area contributed by atoms with Crippen molar-refractivity contribution in [2.24, 2.45) is 5.41 Å². The predicted octanol–water partition coefficient (Wildman–Crippen LogP) is 5.31. The fourth-order valence-corrected chi connectivity index (χ4v) is 5.21. The average molecular weight is 783 g/mol. The Morgan fingerprint density at radius 3 is 1.00 bits per heavy atom. The van der Waals surface area contributed by atoms with Crippen molar-refractivity contribution in [3.63, 3.8) is 0 Å². The van der Waals surface area contributed by atoms with Crippen molar-refractivity contribution in [2.75, 3.05) is 26.4 Å². The molecule has 15 nitrogen and oxygen atoms in total. The molecular formula is C42H38O15. The monoisotopic (exact) mass is 782 g/mol. The van der Waals surface area contributed by atoms with Gasteiger partial charge in [0.2, 0.25) is 0 Å². The highest BCUT2D eigenvalue weighted by atomic mass is 16.6. The number of ketones is 1. The van der Waals surface area contributed by atoms with Crippen LogP contribution < -0.4 is 14.2 Å². The molecular weight excluding hydrogens is 744 g/mol. The topological polar surface area (TPSA) is 201 Å². The van der Waals surface area contributed by atoms with Gasteiger partial charge in [-0.15, -0.1) is 0 Å². The van der Waals surface area contributed by atoms with Gasteiger partial charge in [0.05, 0.1) is 5.56 Å². The molecule has 4 aromatic carbocycles. The van der Waals surface area contributed by atoms with Gasteiger partial charge >= 0.3 is 41.8 Å². The summed E-state index contributed by atoms with van der Waals surface area (Å²) in [6.45, 7) is 1.79. The standard InChI is InChI=1S/C42H38O15/c1-26(43)21-30-13-5-6-14-31(30)38(47)51-22-42(23-52-39(48)32-15-7-10-18-35(32)55-27(2)44,24-53-40(49)33-16-8-11-19-36(33)56-28(3)45)25-54-41(50)34-17-9-12-20-37(34)57-29(4)46/h5-20H,21-25H2,1-4H3. The molecule has 57 heavy (non-hydrogen) atoms. The van der Waals surface area contributed by atoms with Gasteiger partial charge < -0.3 is 33.2 Å². The number of ether oxygens (including phenoxy) is 7. The van der Waals surface area contributed by atoms with Crippen LogP contribution in [0.1, 0.15) is 74.7 Å². The second-order valence-electron chi connectivity index (χ2n) is 12.6. The summed E-state index contributed by atoms with van der Waals surface area (Å²) in [6.07, 6.45) is -0.0888. The normalized spacial score (nSPS) is 10.7. The van der Waals surface area contributed by atoms with Crippen LogP contribution in [0, 0.1) is 5.41 Å². The molecule has 0 atom stereocenters. The van der Waals surface area contributed by atoms with Crippen LogP contribution in [0.2, 0.25) is 0 Å². The Bertz CT molecular complexity index is 1860. The van der Waals surface area contributed by atoms with E-state index in [2.05, 4.69) is 0 Å². The summed E-state index contributed by atoms with van der Waals surface area (Å²) in [5, 5.41) is 0. The van der Waals surface area contributed by atoms with Crippen molar-refractivity contribution in [3.05, 3.63) is 125 Å². The van der Waals surface area contributed by atoms with E-state index in [9.17, 15) is 38.4 Å². The highest BCUT2D eigenvalue weighted by Gasteiger charge is 2.39. The van der Waals surface area contributed by atoms with E-state index in [4.69, 9.17) is 33.2 Å². The molecule has 0 aliphatic carbocycles. The lowest BCUT2D eigenvalue weighted by Gasteiger charge is -2.32. The van der Waals surface area contributed by atoms with Crippen LogP contribution in [0.5, 0.6) is 17.2 Å². The molecule has 15 heteroatoms. The molecule has 0 saturated heterocycles. The van der Waals surface area contributed by atoms with Crippen molar-refractivity contribution in [2.45, 2.75) is 34.1 Å². The maximum Gasteiger partial charge on any atom is 0.341 e. The maximum absolute atomic E-state index is 13.6. The average Bonchev–Trinajstić information content (AvgIpc) is 3.16. The Morgan fingerprint density at radius 1 is 0.404 bits per heavy atom. The molecule has 0 N–H and O–H groups in total. The van der Waals surface area contributed by atoms with Gasteiger partial charge in [-0.25, -0.2) is 19.2 Å². The Kier molecular flexibility index (Phi) is 14.9. The number of esters is 7. The number of rotatable bonds is 17. The van der Waals surface area contributed by atoms with Crippen LogP contribution in [0.25, 0.3) is 0 Å². The molecule has 0 aromatic heterocycles. The summed E-state index contributed by atoms with van der Waals surface area (Å²) in [5.74, 6) is -6.75. The van der Waals surface area contributed by atoms with Crippen molar-refractivity contribution >= 4 is 47.6 Å². The fourth-order valence-electron chi connectivity index (χ4n) is 5.21. The summed E-state index contributed by atoms with van der Waals surface area (Å²) in [4.78, 5) is 102. The third-order valence-corrected chi connectivity index (χ3v) is 7.80. The first-order valence-corrected chi connectivity index (χ1v) is 17.3. The van der Waals surface area contributed by atoms with Crippen LogP contribution in [-0.4, -0.2) is 74.0 Å². The van der Waals surface area contributed by atoms with E-state index in [1.54, 1.807) is 18.2 Å². The molecule has 4 aromatic rings. The Balaban J connectivity index is 1.75. The molecule has 0 heterocycles.